The summed E-state index contributed by atoms with van der Waals surface area (Å²) < 4.78 is 1.49. The summed E-state index contributed by atoms with van der Waals surface area (Å²) in [6.07, 6.45) is 0.646. The Balaban J connectivity index is 1.53. The lowest BCUT2D eigenvalue weighted by Crippen LogP contribution is -2.30. The van der Waals surface area contributed by atoms with Crippen molar-refractivity contribution in [3.05, 3.63) is 41.3 Å². The van der Waals surface area contributed by atoms with E-state index in [4.69, 9.17) is 5.73 Å². The standard InChI is InChI=1S/C16H20N6O/c1-10-3-4-12-13(7-10)20-15(19-12)5-6-18-16(23)9-22-14(17)8-11(2)21-22/h3-4,7-8H,5-6,9,17H2,1-2H3,(H,18,23)(H,19,20). The molecule has 1 amide bonds. The highest BCUT2D eigenvalue weighted by Crippen LogP contribution is 2.13. The van der Waals surface area contributed by atoms with Crippen LogP contribution in [-0.2, 0) is 17.8 Å². The Labute approximate surface area is 133 Å². The second kappa shape index (κ2) is 6.12. The van der Waals surface area contributed by atoms with Gasteiger partial charge in [0.25, 0.3) is 0 Å². The van der Waals surface area contributed by atoms with Crippen LogP contribution < -0.4 is 11.1 Å². The van der Waals surface area contributed by atoms with Gasteiger partial charge in [-0.3, -0.25) is 4.79 Å². The summed E-state index contributed by atoms with van der Waals surface area (Å²) in [7, 11) is 0. The summed E-state index contributed by atoms with van der Waals surface area (Å²) in [6.45, 7) is 4.52. The summed E-state index contributed by atoms with van der Waals surface area (Å²) in [5.74, 6) is 1.23. The molecule has 4 N–H and O–H groups in total. The van der Waals surface area contributed by atoms with Crippen molar-refractivity contribution < 1.29 is 4.79 Å². The zero-order valence-electron chi connectivity index (χ0n) is 13.3. The Hall–Kier alpha value is -2.83. The monoisotopic (exact) mass is 312 g/mol. The van der Waals surface area contributed by atoms with Gasteiger partial charge in [-0.1, -0.05) is 6.07 Å². The van der Waals surface area contributed by atoms with Crippen LogP contribution in [0.4, 0.5) is 5.82 Å². The zero-order chi connectivity index (χ0) is 16.4. The number of benzene rings is 1. The van der Waals surface area contributed by atoms with Gasteiger partial charge < -0.3 is 16.0 Å². The largest absolute Gasteiger partial charge is 0.384 e. The van der Waals surface area contributed by atoms with Crippen molar-refractivity contribution in [2.45, 2.75) is 26.8 Å². The maximum absolute atomic E-state index is 11.9. The quantitative estimate of drug-likeness (QED) is 0.661. The van der Waals surface area contributed by atoms with Crippen molar-refractivity contribution in [2.24, 2.45) is 0 Å². The number of aromatic amines is 1. The van der Waals surface area contributed by atoms with Gasteiger partial charge >= 0.3 is 0 Å². The molecule has 0 saturated heterocycles. The highest BCUT2D eigenvalue weighted by Gasteiger charge is 2.08. The molecular weight excluding hydrogens is 292 g/mol. The Morgan fingerprint density at radius 2 is 2.17 bits per heavy atom. The number of nitrogens with zero attached hydrogens (tertiary/aromatic N) is 3. The van der Waals surface area contributed by atoms with Gasteiger partial charge in [0.2, 0.25) is 5.91 Å². The average molecular weight is 312 g/mol. The van der Waals surface area contributed by atoms with Gasteiger partial charge in [-0.2, -0.15) is 5.10 Å². The molecular formula is C16H20N6O. The minimum absolute atomic E-state index is 0.119. The van der Waals surface area contributed by atoms with Crippen molar-refractivity contribution in [2.75, 3.05) is 12.3 Å². The number of hydrogen-bond donors (Lipinski definition) is 3. The minimum Gasteiger partial charge on any atom is -0.384 e. The molecule has 0 radical (unpaired) electrons. The molecule has 120 valence electrons. The fraction of sp³-hybridized carbons (Fsp3) is 0.312. The molecule has 0 atom stereocenters. The number of H-pyrrole nitrogens is 1. The topological polar surface area (TPSA) is 102 Å². The molecule has 3 aromatic rings. The van der Waals surface area contributed by atoms with Crippen molar-refractivity contribution in [1.29, 1.82) is 0 Å². The first-order valence-electron chi connectivity index (χ1n) is 7.53. The van der Waals surface area contributed by atoms with E-state index >= 15 is 0 Å². The summed E-state index contributed by atoms with van der Waals surface area (Å²) in [5.41, 5.74) is 9.72. The van der Waals surface area contributed by atoms with Crippen LogP contribution in [0, 0.1) is 13.8 Å². The van der Waals surface area contributed by atoms with Crippen molar-refractivity contribution in [3.63, 3.8) is 0 Å². The van der Waals surface area contributed by atoms with E-state index in [-0.39, 0.29) is 12.5 Å². The molecule has 0 spiro atoms. The molecule has 0 aliphatic carbocycles. The van der Waals surface area contributed by atoms with Gasteiger partial charge in [-0.05, 0) is 31.5 Å². The number of aromatic nitrogens is 4. The molecule has 0 unspecified atom stereocenters. The number of rotatable bonds is 5. The van der Waals surface area contributed by atoms with Crippen LogP contribution in [-0.4, -0.2) is 32.2 Å². The number of carbonyl (C=O) groups excluding carboxylic acids is 1. The van der Waals surface area contributed by atoms with Crippen LogP contribution in [0.3, 0.4) is 0 Å². The summed E-state index contributed by atoms with van der Waals surface area (Å²) in [5, 5.41) is 7.02. The van der Waals surface area contributed by atoms with Crippen LogP contribution in [0.2, 0.25) is 0 Å². The van der Waals surface area contributed by atoms with Gasteiger partial charge in [0, 0.05) is 19.0 Å². The third-order valence-electron chi connectivity index (χ3n) is 3.60. The fourth-order valence-electron chi connectivity index (χ4n) is 2.50. The summed E-state index contributed by atoms with van der Waals surface area (Å²) >= 11 is 0. The number of nitrogen functional groups attached to an aromatic ring is 1. The summed E-state index contributed by atoms with van der Waals surface area (Å²) in [4.78, 5) is 19.7. The first-order chi connectivity index (χ1) is 11.0. The third-order valence-corrected chi connectivity index (χ3v) is 3.60. The molecule has 0 fully saturated rings. The molecule has 2 aromatic heterocycles. The predicted octanol–water partition coefficient (Wildman–Crippen LogP) is 1.32. The number of nitrogens with one attached hydrogen (secondary N) is 2. The molecule has 0 aliphatic rings. The Kier molecular flexibility index (Phi) is 4.01. The fourth-order valence-corrected chi connectivity index (χ4v) is 2.50. The number of nitrogens with two attached hydrogens (primary N) is 1. The molecule has 0 aliphatic heterocycles. The average Bonchev–Trinajstić information content (AvgIpc) is 3.01. The molecule has 0 saturated carbocycles. The van der Waals surface area contributed by atoms with Crippen molar-refractivity contribution >= 4 is 22.8 Å². The van der Waals surface area contributed by atoms with Crippen LogP contribution in [0.1, 0.15) is 17.1 Å². The smallest absolute Gasteiger partial charge is 0.241 e. The van der Waals surface area contributed by atoms with Gasteiger partial charge in [0.05, 0.1) is 16.7 Å². The normalized spacial score (nSPS) is 11.0. The van der Waals surface area contributed by atoms with Crippen LogP contribution >= 0.6 is 0 Å². The number of fused-ring (bicyclic) bond motifs is 1. The lowest BCUT2D eigenvalue weighted by molar-refractivity contribution is -0.121. The molecule has 7 heteroatoms. The van der Waals surface area contributed by atoms with E-state index in [0.29, 0.717) is 18.8 Å². The van der Waals surface area contributed by atoms with E-state index in [0.717, 1.165) is 22.6 Å². The number of anilines is 1. The van der Waals surface area contributed by atoms with E-state index in [1.54, 1.807) is 6.07 Å². The van der Waals surface area contributed by atoms with E-state index in [1.165, 1.54) is 10.2 Å². The van der Waals surface area contributed by atoms with Gasteiger partial charge in [-0.25, -0.2) is 9.67 Å². The maximum atomic E-state index is 11.9. The second-order valence-electron chi connectivity index (χ2n) is 5.67. The minimum atomic E-state index is -0.119. The van der Waals surface area contributed by atoms with Gasteiger partial charge in [0.1, 0.15) is 18.2 Å². The Bertz CT molecular complexity index is 847. The van der Waals surface area contributed by atoms with Crippen LogP contribution in [0.5, 0.6) is 0 Å². The third kappa shape index (κ3) is 3.50. The van der Waals surface area contributed by atoms with E-state index < -0.39 is 0 Å². The molecule has 7 nitrogen and oxygen atoms in total. The molecule has 0 bridgehead atoms. The highest BCUT2D eigenvalue weighted by atomic mass is 16.2. The zero-order valence-corrected chi connectivity index (χ0v) is 13.3. The highest BCUT2D eigenvalue weighted by molar-refractivity contribution is 5.76. The lowest BCUT2D eigenvalue weighted by atomic mass is 10.2. The number of aryl methyl sites for hydroxylation is 2. The van der Waals surface area contributed by atoms with E-state index in [2.05, 4.69) is 26.4 Å². The van der Waals surface area contributed by atoms with Crippen LogP contribution in [0.15, 0.2) is 24.3 Å². The SMILES string of the molecule is Cc1ccc2nc(CCNC(=O)Cn3nc(C)cc3N)[nH]c2c1. The molecule has 1 aromatic carbocycles. The number of hydrogen-bond acceptors (Lipinski definition) is 4. The lowest BCUT2D eigenvalue weighted by Gasteiger charge is -2.05. The number of carbonyl (C=O) groups is 1. The Morgan fingerprint density at radius 3 is 2.91 bits per heavy atom. The maximum Gasteiger partial charge on any atom is 0.241 e. The first kappa shape index (κ1) is 15.1. The molecule has 23 heavy (non-hydrogen) atoms. The number of amides is 1. The van der Waals surface area contributed by atoms with E-state index in [9.17, 15) is 4.79 Å². The Morgan fingerprint density at radius 1 is 1.35 bits per heavy atom. The van der Waals surface area contributed by atoms with Crippen LogP contribution in [0.25, 0.3) is 11.0 Å². The van der Waals surface area contributed by atoms with Gasteiger partial charge in [0.15, 0.2) is 0 Å². The first-order valence-corrected chi connectivity index (χ1v) is 7.53. The second-order valence-corrected chi connectivity index (χ2v) is 5.67. The predicted molar refractivity (Wildman–Crippen MR) is 88.9 cm³/mol. The molecule has 2 heterocycles. The van der Waals surface area contributed by atoms with Crippen molar-refractivity contribution in [1.82, 2.24) is 25.1 Å². The summed E-state index contributed by atoms with van der Waals surface area (Å²) in [6, 6.07) is 7.83. The number of imidazole rings is 1. The van der Waals surface area contributed by atoms with E-state index in [1.807, 2.05) is 26.0 Å². The molecule has 3 rings (SSSR count). The van der Waals surface area contributed by atoms with Crippen molar-refractivity contribution in [3.8, 4) is 0 Å². The van der Waals surface area contributed by atoms with Gasteiger partial charge in [-0.15, -0.1) is 0 Å².